The van der Waals surface area contributed by atoms with Gasteiger partial charge in [-0.3, -0.25) is 0 Å². The van der Waals surface area contributed by atoms with Gasteiger partial charge >= 0.3 is 0 Å². The number of hydrogen-bond acceptors (Lipinski definition) is 3. The highest BCUT2D eigenvalue weighted by Gasteiger charge is 2.46. The number of para-hydroxylation sites is 3. The van der Waals surface area contributed by atoms with Crippen LogP contribution in [-0.2, 0) is 5.41 Å². The predicted octanol–water partition coefficient (Wildman–Crippen LogP) is 18.2. The fourth-order valence-corrected chi connectivity index (χ4v) is 12.0. The van der Waals surface area contributed by atoms with Gasteiger partial charge in [0.05, 0.1) is 5.41 Å². The normalized spacial score (nSPS) is 12.5. The first kappa shape index (κ1) is 39.8. The van der Waals surface area contributed by atoms with Crippen molar-refractivity contribution < 1.29 is 0 Å². The zero-order valence-corrected chi connectivity index (χ0v) is 38.0. The summed E-state index contributed by atoms with van der Waals surface area (Å²) in [5.41, 5.74) is 15.9. The van der Waals surface area contributed by atoms with Crippen molar-refractivity contribution in [1.29, 1.82) is 0 Å². The molecule has 0 unspecified atom stereocenters. The van der Waals surface area contributed by atoms with Crippen LogP contribution in [-0.4, -0.2) is 0 Å². The Morgan fingerprint density at radius 1 is 0.294 bits per heavy atom. The standard InChI is InChI=1S/C65H44N2S/c1-6-21-48(22-7-1)65(49-23-8-2-9-24-49)60-37-35-46(42-59(60)64-56-31-17-16-20-45(56)34-38-61(64)65)47-40-54(66(50-25-10-3-11-26-50)51-27-12-4-13-28-51)43-55(41-47)67(52-29-14-5-15-30-52)53-36-39-63-58(44-53)57-32-18-19-33-62(57)68-63/h1-44H. The summed E-state index contributed by atoms with van der Waals surface area (Å²) in [4.78, 5) is 4.82. The van der Waals surface area contributed by atoms with Crippen LogP contribution in [0.1, 0.15) is 22.3 Å². The van der Waals surface area contributed by atoms with Gasteiger partial charge in [0.15, 0.2) is 0 Å². The van der Waals surface area contributed by atoms with E-state index in [0.717, 1.165) is 45.3 Å². The maximum atomic E-state index is 2.48. The molecule has 13 rings (SSSR count). The minimum atomic E-state index is -0.519. The molecule has 1 heterocycles. The molecule has 68 heavy (non-hydrogen) atoms. The quantitative estimate of drug-likeness (QED) is 0.142. The lowest BCUT2D eigenvalue weighted by atomic mass is 9.67. The van der Waals surface area contributed by atoms with Crippen molar-refractivity contribution in [1.82, 2.24) is 0 Å². The Bertz CT molecular complexity index is 3710. The van der Waals surface area contributed by atoms with E-state index in [0.29, 0.717) is 0 Å². The van der Waals surface area contributed by atoms with E-state index in [1.165, 1.54) is 64.3 Å². The molecule has 0 amide bonds. The third-order valence-electron chi connectivity index (χ3n) is 13.9. The number of fused-ring (bicyclic) bond motifs is 8. The average Bonchev–Trinajstić information content (AvgIpc) is 3.94. The highest BCUT2D eigenvalue weighted by Crippen LogP contribution is 2.58. The van der Waals surface area contributed by atoms with Gasteiger partial charge in [0.25, 0.3) is 0 Å². The molecule has 1 aromatic heterocycles. The number of nitrogens with zero attached hydrogens (tertiary/aromatic N) is 2. The van der Waals surface area contributed by atoms with Crippen LogP contribution < -0.4 is 9.80 Å². The second kappa shape index (κ2) is 16.4. The molecule has 2 nitrogen and oxygen atoms in total. The zero-order chi connectivity index (χ0) is 45.0. The minimum Gasteiger partial charge on any atom is -0.310 e. The maximum absolute atomic E-state index is 2.48. The molecule has 0 N–H and O–H groups in total. The molecular formula is C65H44N2S. The summed E-state index contributed by atoms with van der Waals surface area (Å²) in [5, 5.41) is 5.04. The van der Waals surface area contributed by atoms with Gasteiger partial charge in [-0.2, -0.15) is 0 Å². The van der Waals surface area contributed by atoms with Crippen molar-refractivity contribution in [3.05, 3.63) is 289 Å². The number of rotatable bonds is 9. The smallest absolute Gasteiger partial charge is 0.0713 e. The van der Waals surface area contributed by atoms with Crippen LogP contribution in [0.4, 0.5) is 34.1 Å². The van der Waals surface area contributed by atoms with E-state index in [2.05, 4.69) is 277 Å². The van der Waals surface area contributed by atoms with E-state index < -0.39 is 5.41 Å². The van der Waals surface area contributed by atoms with Crippen LogP contribution >= 0.6 is 11.3 Å². The minimum absolute atomic E-state index is 0.519. The van der Waals surface area contributed by atoms with E-state index in [4.69, 9.17) is 0 Å². The van der Waals surface area contributed by atoms with Gasteiger partial charge in [0.1, 0.15) is 0 Å². The summed E-state index contributed by atoms with van der Waals surface area (Å²) < 4.78 is 2.58. The lowest BCUT2D eigenvalue weighted by molar-refractivity contribution is 0.769. The molecule has 1 aliphatic carbocycles. The first-order chi connectivity index (χ1) is 33.7. The molecule has 320 valence electrons. The molecule has 11 aromatic carbocycles. The molecular weight excluding hydrogens is 841 g/mol. The summed E-state index contributed by atoms with van der Waals surface area (Å²) in [6, 6.07) is 98.2. The van der Waals surface area contributed by atoms with E-state index >= 15 is 0 Å². The SMILES string of the molecule is c1ccc(N(c2ccccc2)c2cc(-c3ccc4c(c3)-c3c(ccc5ccccc35)C4(c3ccccc3)c3ccccc3)cc(N(c3ccccc3)c3ccc4sc5ccccc5c4c3)c2)cc1. The molecule has 0 saturated heterocycles. The van der Waals surface area contributed by atoms with Crippen LogP contribution in [0.15, 0.2) is 267 Å². The van der Waals surface area contributed by atoms with Gasteiger partial charge in [-0.15, -0.1) is 11.3 Å². The Labute approximate surface area is 400 Å². The van der Waals surface area contributed by atoms with Crippen molar-refractivity contribution >= 4 is 76.4 Å². The Morgan fingerprint density at radius 3 is 1.41 bits per heavy atom. The highest BCUT2D eigenvalue weighted by molar-refractivity contribution is 7.25. The molecule has 3 heteroatoms. The maximum Gasteiger partial charge on any atom is 0.0713 e. The number of hydrogen-bond donors (Lipinski definition) is 0. The fourth-order valence-electron chi connectivity index (χ4n) is 10.9. The fraction of sp³-hybridized carbons (Fsp3) is 0.0154. The molecule has 0 spiro atoms. The number of benzene rings is 11. The van der Waals surface area contributed by atoms with Crippen LogP contribution in [0.5, 0.6) is 0 Å². The lowest BCUT2D eigenvalue weighted by Crippen LogP contribution is -2.28. The first-order valence-corrected chi connectivity index (χ1v) is 24.1. The molecule has 1 aliphatic rings. The van der Waals surface area contributed by atoms with Crippen LogP contribution in [0.25, 0.3) is 53.2 Å². The number of anilines is 6. The third kappa shape index (κ3) is 6.46. The molecule has 0 bridgehead atoms. The summed E-state index contributed by atoms with van der Waals surface area (Å²) in [6.45, 7) is 0. The second-order valence-corrected chi connectivity index (χ2v) is 18.7. The Hall–Kier alpha value is -8.50. The Kier molecular flexibility index (Phi) is 9.62. The highest BCUT2D eigenvalue weighted by atomic mass is 32.1. The van der Waals surface area contributed by atoms with E-state index in [9.17, 15) is 0 Å². The molecule has 0 aliphatic heterocycles. The second-order valence-electron chi connectivity index (χ2n) is 17.6. The van der Waals surface area contributed by atoms with E-state index in [1.54, 1.807) is 0 Å². The summed E-state index contributed by atoms with van der Waals surface area (Å²) in [7, 11) is 0. The van der Waals surface area contributed by atoms with Crippen LogP contribution in [0.2, 0.25) is 0 Å². The van der Waals surface area contributed by atoms with Crippen molar-refractivity contribution in [3.63, 3.8) is 0 Å². The van der Waals surface area contributed by atoms with Crippen molar-refractivity contribution in [2.24, 2.45) is 0 Å². The molecule has 12 aromatic rings. The van der Waals surface area contributed by atoms with Crippen molar-refractivity contribution in [2.45, 2.75) is 5.41 Å². The van der Waals surface area contributed by atoms with Gasteiger partial charge in [0.2, 0.25) is 0 Å². The summed E-state index contributed by atoms with van der Waals surface area (Å²) in [5.74, 6) is 0. The lowest BCUT2D eigenvalue weighted by Gasteiger charge is -2.34. The molecule has 0 atom stereocenters. The van der Waals surface area contributed by atoms with Crippen molar-refractivity contribution in [2.75, 3.05) is 9.80 Å². The summed E-state index contributed by atoms with van der Waals surface area (Å²) >= 11 is 1.85. The topological polar surface area (TPSA) is 6.48 Å². The largest absolute Gasteiger partial charge is 0.310 e. The van der Waals surface area contributed by atoms with Gasteiger partial charge in [0, 0.05) is 54.3 Å². The predicted molar refractivity (Wildman–Crippen MR) is 289 cm³/mol. The Balaban J connectivity index is 1.09. The number of thiophene rings is 1. The summed E-state index contributed by atoms with van der Waals surface area (Å²) in [6.07, 6.45) is 0. The molecule has 0 saturated carbocycles. The first-order valence-electron chi connectivity index (χ1n) is 23.3. The van der Waals surface area contributed by atoms with Crippen LogP contribution in [0.3, 0.4) is 0 Å². The van der Waals surface area contributed by atoms with E-state index in [1.807, 2.05) is 11.3 Å². The monoisotopic (exact) mass is 884 g/mol. The zero-order valence-electron chi connectivity index (χ0n) is 37.2. The Morgan fingerprint density at radius 2 is 0.794 bits per heavy atom. The molecule has 0 fully saturated rings. The van der Waals surface area contributed by atoms with Crippen LogP contribution in [0, 0.1) is 0 Å². The van der Waals surface area contributed by atoms with Crippen molar-refractivity contribution in [3.8, 4) is 22.3 Å². The third-order valence-corrected chi connectivity index (χ3v) is 15.0. The van der Waals surface area contributed by atoms with E-state index in [-0.39, 0.29) is 0 Å². The van der Waals surface area contributed by atoms with Gasteiger partial charge in [-0.1, -0.05) is 182 Å². The molecule has 0 radical (unpaired) electrons. The van der Waals surface area contributed by atoms with Gasteiger partial charge in [-0.05, 0) is 140 Å². The van der Waals surface area contributed by atoms with Gasteiger partial charge in [-0.25, -0.2) is 0 Å². The van der Waals surface area contributed by atoms with Gasteiger partial charge < -0.3 is 9.80 Å². The average molecular weight is 885 g/mol.